The number of hydrogen-bond donors (Lipinski definition) is 0. The fourth-order valence-corrected chi connectivity index (χ4v) is 5.31. The zero-order valence-electron chi connectivity index (χ0n) is 26.3. The van der Waals surface area contributed by atoms with Gasteiger partial charge in [-0.25, -0.2) is 0 Å². The largest absolute Gasteiger partial charge is 0.455 e. The van der Waals surface area contributed by atoms with Crippen LogP contribution in [0.25, 0.3) is 0 Å². The first-order valence-electron chi connectivity index (χ1n) is 15.7. The number of rotatable bonds is 20. The van der Waals surface area contributed by atoms with Crippen LogP contribution in [0.4, 0.5) is 13.2 Å². The summed E-state index contributed by atoms with van der Waals surface area (Å²) in [5.74, 6) is -0.738. The average molecular weight is 684 g/mol. The van der Waals surface area contributed by atoms with E-state index < -0.39 is 54.3 Å². The minimum atomic E-state index is -4.71. The summed E-state index contributed by atoms with van der Waals surface area (Å²) in [5.41, 5.74) is -1.15. The third-order valence-electron chi connectivity index (χ3n) is 7.24. The summed E-state index contributed by atoms with van der Waals surface area (Å²) in [6, 6.07) is 3.80. The molecule has 2 rings (SSSR count). The topological polar surface area (TPSA) is 72.5 Å². The fourth-order valence-electron chi connectivity index (χ4n) is 4.95. The fraction of sp³-hybridized carbons (Fsp3) is 0.781. The Morgan fingerprint density at radius 2 is 1.40 bits per heavy atom. The normalized spacial score (nSPS) is 23.3. The molecule has 1 heterocycles. The highest BCUT2D eigenvalue weighted by Gasteiger charge is 2.53. The predicted octanol–water partition coefficient (Wildman–Crippen LogP) is 8.21. The maximum Gasteiger partial charge on any atom is 0.416 e. The number of benzene rings is 1. The lowest BCUT2D eigenvalue weighted by Gasteiger charge is -2.48. The second-order valence-electron chi connectivity index (χ2n) is 10.9. The molecule has 1 saturated heterocycles. The molecule has 1 aliphatic rings. The van der Waals surface area contributed by atoms with Crippen LogP contribution in [0.1, 0.15) is 103 Å². The lowest BCUT2D eigenvalue weighted by Crippen LogP contribution is -2.63. The van der Waals surface area contributed by atoms with Crippen LogP contribution in [-0.4, -0.2) is 69.5 Å². The van der Waals surface area contributed by atoms with Gasteiger partial charge in [0, 0.05) is 43.4 Å². The molecular formula is C32H50BrF3O7. The molecule has 1 aromatic carbocycles. The number of carbonyl (C=O) groups is 1. The number of esters is 1. The van der Waals surface area contributed by atoms with Crippen molar-refractivity contribution in [1.29, 1.82) is 0 Å². The van der Waals surface area contributed by atoms with E-state index in [0.29, 0.717) is 26.4 Å². The van der Waals surface area contributed by atoms with Crippen LogP contribution < -0.4 is 0 Å². The highest BCUT2D eigenvalue weighted by Crippen LogP contribution is 2.43. The zero-order chi connectivity index (χ0) is 31.8. The van der Waals surface area contributed by atoms with Crippen molar-refractivity contribution in [3.63, 3.8) is 0 Å². The molecule has 7 nitrogen and oxygen atoms in total. The predicted molar refractivity (Wildman–Crippen MR) is 162 cm³/mol. The van der Waals surface area contributed by atoms with E-state index in [4.69, 9.17) is 28.4 Å². The SMILES string of the molecule is CCCCOCC1O[C@H]([C@@H](OC(C)=O)c2ccc(Br)cc2C(F)(F)F)C(OCCCC)C(OCCCC)[C@@H]1OCCCC. The highest BCUT2D eigenvalue weighted by molar-refractivity contribution is 9.10. The van der Waals surface area contributed by atoms with Gasteiger partial charge < -0.3 is 28.4 Å². The summed E-state index contributed by atoms with van der Waals surface area (Å²) in [5, 5.41) is 0. The lowest BCUT2D eigenvalue weighted by molar-refractivity contribution is -0.283. The molecule has 0 amide bonds. The van der Waals surface area contributed by atoms with Gasteiger partial charge in [0.05, 0.1) is 12.2 Å². The van der Waals surface area contributed by atoms with E-state index in [1.807, 2.05) is 13.8 Å². The van der Waals surface area contributed by atoms with E-state index in [9.17, 15) is 18.0 Å². The van der Waals surface area contributed by atoms with Crippen LogP contribution in [0.5, 0.6) is 0 Å². The minimum Gasteiger partial charge on any atom is -0.455 e. The molecule has 1 fully saturated rings. The summed E-state index contributed by atoms with van der Waals surface area (Å²) in [7, 11) is 0. The number of unbranched alkanes of at least 4 members (excludes halogenated alkanes) is 4. The van der Waals surface area contributed by atoms with Crippen molar-refractivity contribution in [3.05, 3.63) is 33.8 Å². The number of hydrogen-bond acceptors (Lipinski definition) is 7. The molecule has 0 aromatic heterocycles. The van der Waals surface area contributed by atoms with E-state index in [0.717, 1.165) is 57.4 Å². The van der Waals surface area contributed by atoms with Gasteiger partial charge in [0.1, 0.15) is 30.5 Å². The molecule has 0 N–H and O–H groups in total. The molecule has 0 radical (unpaired) electrons. The first-order valence-corrected chi connectivity index (χ1v) is 16.5. The van der Waals surface area contributed by atoms with Crippen LogP contribution >= 0.6 is 15.9 Å². The summed E-state index contributed by atoms with van der Waals surface area (Å²) < 4.78 is 80.8. The van der Waals surface area contributed by atoms with Crippen molar-refractivity contribution in [3.8, 4) is 0 Å². The maximum atomic E-state index is 14.4. The molecule has 0 spiro atoms. The van der Waals surface area contributed by atoms with Gasteiger partial charge in [0.2, 0.25) is 0 Å². The molecule has 6 atom stereocenters. The molecule has 1 aliphatic heterocycles. The molecule has 3 unspecified atom stereocenters. The van der Waals surface area contributed by atoms with Gasteiger partial charge in [0.15, 0.2) is 6.10 Å². The lowest BCUT2D eigenvalue weighted by atomic mass is 9.87. The molecule has 11 heteroatoms. The Balaban J connectivity index is 2.68. The quantitative estimate of drug-likeness (QED) is 0.101. The van der Waals surface area contributed by atoms with Crippen LogP contribution in [0.2, 0.25) is 0 Å². The molecule has 0 bridgehead atoms. The van der Waals surface area contributed by atoms with E-state index in [-0.39, 0.29) is 16.6 Å². The van der Waals surface area contributed by atoms with Crippen molar-refractivity contribution in [1.82, 2.24) is 0 Å². The summed E-state index contributed by atoms with van der Waals surface area (Å²) >= 11 is 3.16. The maximum absolute atomic E-state index is 14.4. The van der Waals surface area contributed by atoms with E-state index in [1.165, 1.54) is 19.1 Å². The monoisotopic (exact) mass is 682 g/mol. The molecule has 43 heavy (non-hydrogen) atoms. The van der Waals surface area contributed by atoms with Gasteiger partial charge in [-0.2, -0.15) is 13.2 Å². The first kappa shape index (κ1) is 37.9. The molecule has 0 aliphatic carbocycles. The van der Waals surface area contributed by atoms with E-state index >= 15 is 0 Å². The number of halogens is 4. The van der Waals surface area contributed by atoms with Gasteiger partial charge in [0.25, 0.3) is 0 Å². The second-order valence-corrected chi connectivity index (χ2v) is 11.8. The Morgan fingerprint density at radius 1 is 0.860 bits per heavy atom. The summed E-state index contributed by atoms with van der Waals surface area (Å²) in [6.45, 7) is 11.2. The Morgan fingerprint density at radius 3 is 1.93 bits per heavy atom. The number of carbonyl (C=O) groups excluding carboxylic acids is 1. The molecule has 1 aromatic rings. The Labute approximate surface area is 263 Å². The third-order valence-corrected chi connectivity index (χ3v) is 7.73. The summed E-state index contributed by atoms with van der Waals surface area (Å²) in [6.07, 6.45) is -3.36. The smallest absolute Gasteiger partial charge is 0.416 e. The van der Waals surface area contributed by atoms with Crippen LogP contribution in [0.15, 0.2) is 22.7 Å². The van der Waals surface area contributed by atoms with Crippen molar-refractivity contribution < 1.29 is 46.4 Å². The standard InChI is InChI=1S/C32H50BrF3O7/c1-6-10-16-38-21-26-28(39-17-11-7-2)29(40-18-12-8-3)30(41-19-13-9-4)31(43-26)27(42-22(5)37)24-15-14-23(33)20-25(24)32(34,35)36/h14-15,20,26-31H,6-13,16-19,21H2,1-5H3/t26?,27-,28+,29?,30?,31+/m0/s1. The van der Waals surface area contributed by atoms with Gasteiger partial charge in [-0.3, -0.25) is 4.79 Å². The Kier molecular flexibility index (Phi) is 17.6. The van der Waals surface area contributed by atoms with Gasteiger partial charge in [-0.05, 0) is 37.8 Å². The molecule has 0 saturated carbocycles. The van der Waals surface area contributed by atoms with Gasteiger partial charge in [-0.15, -0.1) is 0 Å². The van der Waals surface area contributed by atoms with Crippen molar-refractivity contribution in [2.75, 3.05) is 33.0 Å². The summed E-state index contributed by atoms with van der Waals surface area (Å²) in [4.78, 5) is 12.4. The minimum absolute atomic E-state index is 0.141. The van der Waals surface area contributed by atoms with E-state index in [1.54, 1.807) is 0 Å². The van der Waals surface area contributed by atoms with Gasteiger partial charge >= 0.3 is 12.1 Å². The highest BCUT2D eigenvalue weighted by atomic mass is 79.9. The molecule has 248 valence electrons. The van der Waals surface area contributed by atoms with Crippen LogP contribution in [-0.2, 0) is 39.4 Å². The van der Waals surface area contributed by atoms with Crippen molar-refractivity contribution >= 4 is 21.9 Å². The van der Waals surface area contributed by atoms with Crippen molar-refractivity contribution in [2.24, 2.45) is 0 Å². The Bertz CT molecular complexity index is 933. The average Bonchev–Trinajstić information content (AvgIpc) is 2.95. The van der Waals surface area contributed by atoms with Crippen LogP contribution in [0, 0.1) is 0 Å². The zero-order valence-corrected chi connectivity index (χ0v) is 27.8. The van der Waals surface area contributed by atoms with Crippen LogP contribution in [0.3, 0.4) is 0 Å². The first-order chi connectivity index (χ1) is 20.6. The van der Waals surface area contributed by atoms with Crippen molar-refractivity contribution in [2.45, 2.75) is 129 Å². The van der Waals surface area contributed by atoms with Gasteiger partial charge in [-0.1, -0.05) is 75.4 Å². The van der Waals surface area contributed by atoms with E-state index in [2.05, 4.69) is 29.8 Å². The second kappa shape index (κ2) is 20.0. The number of ether oxygens (including phenoxy) is 6. The Hall–Kier alpha value is -1.24. The molecular weight excluding hydrogens is 633 g/mol. The number of alkyl halides is 3. The third kappa shape index (κ3) is 12.2.